The van der Waals surface area contributed by atoms with E-state index in [9.17, 15) is 24.0 Å². The van der Waals surface area contributed by atoms with Gasteiger partial charge in [-0.1, -0.05) is 34.1 Å². The molecule has 0 spiro atoms. The van der Waals surface area contributed by atoms with Crippen molar-refractivity contribution in [2.45, 2.75) is 6.61 Å². The number of anilines is 1. The van der Waals surface area contributed by atoms with Gasteiger partial charge in [0.1, 0.15) is 19.0 Å². The number of thioether (sulfide) groups is 1. The molecule has 0 aromatic heterocycles. The van der Waals surface area contributed by atoms with Gasteiger partial charge in [0, 0.05) is 15.7 Å². The first-order valence-electron chi connectivity index (χ1n) is 11.1. The number of hydrogen-bond donors (Lipinski definition) is 1. The fourth-order valence-corrected chi connectivity index (χ4v) is 4.77. The molecular formula is C27H19BrFN3O5S. The lowest BCUT2D eigenvalue weighted by Crippen LogP contribution is -2.36. The summed E-state index contributed by atoms with van der Waals surface area (Å²) in [6.07, 6.45) is 1.52. The van der Waals surface area contributed by atoms with Crippen molar-refractivity contribution in [3.05, 3.63) is 92.5 Å². The molecule has 0 unspecified atom stereocenters. The summed E-state index contributed by atoms with van der Waals surface area (Å²) in [6, 6.07) is 17.6. The number of benzene rings is 3. The molecule has 8 nitrogen and oxygen atoms in total. The summed E-state index contributed by atoms with van der Waals surface area (Å²) in [5.74, 6) is -0.872. The molecule has 11 heteroatoms. The molecule has 0 aliphatic carbocycles. The number of carbonyl (C=O) groups excluding carboxylic acids is 3. The Labute approximate surface area is 230 Å². The Morgan fingerprint density at radius 1 is 1.16 bits per heavy atom. The van der Waals surface area contributed by atoms with Crippen LogP contribution in [-0.2, 0) is 16.2 Å². The minimum atomic E-state index is -0.617. The first-order valence-corrected chi connectivity index (χ1v) is 12.7. The maximum absolute atomic E-state index is 13.1. The Hall–Kier alpha value is -4.14. The van der Waals surface area contributed by atoms with E-state index in [1.807, 2.05) is 6.07 Å². The van der Waals surface area contributed by atoms with Crippen LogP contribution < -0.4 is 14.8 Å². The van der Waals surface area contributed by atoms with E-state index < -0.39 is 29.4 Å². The van der Waals surface area contributed by atoms with Crippen LogP contribution in [0, 0.1) is 17.1 Å². The van der Waals surface area contributed by atoms with Crippen LogP contribution in [0.1, 0.15) is 16.7 Å². The summed E-state index contributed by atoms with van der Waals surface area (Å²) in [5.41, 5.74) is 2.11. The Morgan fingerprint density at radius 3 is 2.61 bits per heavy atom. The number of amides is 3. The molecule has 3 amide bonds. The highest BCUT2D eigenvalue weighted by atomic mass is 79.9. The first-order chi connectivity index (χ1) is 18.3. The van der Waals surface area contributed by atoms with Gasteiger partial charge in [-0.25, -0.2) is 4.39 Å². The van der Waals surface area contributed by atoms with Crippen molar-refractivity contribution < 1.29 is 28.2 Å². The molecule has 38 heavy (non-hydrogen) atoms. The van der Waals surface area contributed by atoms with E-state index in [0.717, 1.165) is 10.5 Å². The van der Waals surface area contributed by atoms with Gasteiger partial charge in [0.15, 0.2) is 11.5 Å². The predicted molar refractivity (Wildman–Crippen MR) is 144 cm³/mol. The zero-order valence-electron chi connectivity index (χ0n) is 19.9. The molecule has 3 aromatic carbocycles. The number of rotatable bonds is 8. The van der Waals surface area contributed by atoms with Crippen LogP contribution in [0.3, 0.4) is 0 Å². The predicted octanol–water partition coefficient (Wildman–Crippen LogP) is 5.72. The average Bonchev–Trinajstić information content (AvgIpc) is 3.17. The third-order valence-electron chi connectivity index (χ3n) is 5.39. The lowest BCUT2D eigenvalue weighted by Gasteiger charge is -2.14. The Morgan fingerprint density at radius 2 is 1.89 bits per heavy atom. The van der Waals surface area contributed by atoms with Gasteiger partial charge >= 0.3 is 0 Å². The molecule has 1 saturated heterocycles. The average molecular weight is 596 g/mol. The molecule has 1 fully saturated rings. The molecule has 0 atom stereocenters. The van der Waals surface area contributed by atoms with Crippen LogP contribution in [0.2, 0.25) is 0 Å². The van der Waals surface area contributed by atoms with Crippen molar-refractivity contribution in [3.8, 4) is 17.6 Å². The van der Waals surface area contributed by atoms with Gasteiger partial charge in [0.25, 0.3) is 11.1 Å². The SMILES string of the molecule is COc1cc(/C=C2\SC(=O)N(CC(=O)Nc3ccc(F)cc3)C2=O)c(Br)cc1OCc1ccccc1C#N. The van der Waals surface area contributed by atoms with E-state index in [-0.39, 0.29) is 11.5 Å². The van der Waals surface area contributed by atoms with E-state index in [4.69, 9.17) is 9.47 Å². The number of nitrogens with zero attached hydrogens (tertiary/aromatic N) is 2. The first kappa shape index (κ1) is 26.9. The van der Waals surface area contributed by atoms with E-state index in [2.05, 4.69) is 27.3 Å². The summed E-state index contributed by atoms with van der Waals surface area (Å²) in [7, 11) is 1.47. The number of hydrogen-bond acceptors (Lipinski definition) is 7. The quantitative estimate of drug-likeness (QED) is 0.331. The number of imide groups is 1. The minimum absolute atomic E-state index is 0.129. The third-order valence-corrected chi connectivity index (χ3v) is 6.99. The summed E-state index contributed by atoms with van der Waals surface area (Å²) < 4.78 is 25.0. The zero-order chi connectivity index (χ0) is 27.2. The van der Waals surface area contributed by atoms with Gasteiger partial charge in [-0.15, -0.1) is 0 Å². The van der Waals surface area contributed by atoms with Crippen molar-refractivity contribution in [3.63, 3.8) is 0 Å². The Balaban J connectivity index is 1.48. The maximum atomic E-state index is 13.1. The second-order valence-corrected chi connectivity index (χ2v) is 9.75. The fourth-order valence-electron chi connectivity index (χ4n) is 3.50. The van der Waals surface area contributed by atoms with Crippen LogP contribution in [-0.4, -0.2) is 35.6 Å². The van der Waals surface area contributed by atoms with Crippen molar-refractivity contribution in [2.24, 2.45) is 0 Å². The molecule has 1 aliphatic rings. The fraction of sp³-hybridized carbons (Fsp3) is 0.111. The third kappa shape index (κ3) is 6.22. The van der Waals surface area contributed by atoms with Crippen molar-refractivity contribution >= 4 is 56.5 Å². The molecular weight excluding hydrogens is 577 g/mol. The van der Waals surface area contributed by atoms with Gasteiger partial charge in [0.05, 0.1) is 23.6 Å². The Bertz CT molecular complexity index is 1490. The molecule has 4 rings (SSSR count). The Kier molecular flexibility index (Phi) is 8.45. The van der Waals surface area contributed by atoms with Crippen molar-refractivity contribution in [1.82, 2.24) is 4.90 Å². The molecule has 3 aromatic rings. The molecule has 0 bridgehead atoms. The molecule has 192 valence electrons. The largest absolute Gasteiger partial charge is 0.493 e. The van der Waals surface area contributed by atoms with Gasteiger partial charge < -0.3 is 14.8 Å². The summed E-state index contributed by atoms with van der Waals surface area (Å²) in [5, 5.41) is 11.2. The number of ether oxygens (including phenoxy) is 2. The van der Waals surface area contributed by atoms with Crippen LogP contribution in [0.25, 0.3) is 6.08 Å². The van der Waals surface area contributed by atoms with Crippen LogP contribution in [0.15, 0.2) is 70.0 Å². The molecule has 1 heterocycles. The number of methoxy groups -OCH3 is 1. The molecule has 1 N–H and O–H groups in total. The topological polar surface area (TPSA) is 109 Å². The van der Waals surface area contributed by atoms with Crippen LogP contribution in [0.5, 0.6) is 11.5 Å². The second-order valence-electron chi connectivity index (χ2n) is 7.91. The smallest absolute Gasteiger partial charge is 0.294 e. The minimum Gasteiger partial charge on any atom is -0.493 e. The number of halogens is 2. The lowest BCUT2D eigenvalue weighted by atomic mass is 10.1. The second kappa shape index (κ2) is 11.9. The number of nitriles is 1. The number of carbonyl (C=O) groups is 3. The van der Waals surface area contributed by atoms with Gasteiger partial charge in [0.2, 0.25) is 5.91 Å². The molecule has 0 saturated carbocycles. The van der Waals surface area contributed by atoms with E-state index in [1.165, 1.54) is 37.5 Å². The summed E-state index contributed by atoms with van der Waals surface area (Å²) in [4.78, 5) is 38.7. The molecule has 1 aliphatic heterocycles. The van der Waals surface area contributed by atoms with E-state index in [0.29, 0.717) is 44.5 Å². The van der Waals surface area contributed by atoms with Gasteiger partial charge in [-0.3, -0.25) is 19.3 Å². The monoisotopic (exact) mass is 595 g/mol. The zero-order valence-corrected chi connectivity index (χ0v) is 22.3. The summed E-state index contributed by atoms with van der Waals surface area (Å²) in [6.45, 7) is -0.342. The number of nitrogens with one attached hydrogen (secondary N) is 1. The normalized spacial score (nSPS) is 13.9. The van der Waals surface area contributed by atoms with E-state index >= 15 is 0 Å². The lowest BCUT2D eigenvalue weighted by molar-refractivity contribution is -0.127. The highest BCUT2D eigenvalue weighted by Crippen LogP contribution is 2.38. The van der Waals surface area contributed by atoms with Gasteiger partial charge in [-0.05, 0) is 65.9 Å². The van der Waals surface area contributed by atoms with Crippen molar-refractivity contribution in [1.29, 1.82) is 5.26 Å². The standard InChI is InChI=1S/C27H19BrFN3O5S/c1-36-22-10-18(21(28)12-23(22)37-15-17-5-3-2-4-16(17)13-30)11-24-26(34)32(27(35)38-24)14-25(33)31-20-8-6-19(29)7-9-20/h2-12H,14-15H2,1H3,(H,31,33)/b24-11-. The highest BCUT2D eigenvalue weighted by Gasteiger charge is 2.36. The maximum Gasteiger partial charge on any atom is 0.294 e. The van der Waals surface area contributed by atoms with Crippen molar-refractivity contribution in [2.75, 3.05) is 19.0 Å². The molecule has 0 radical (unpaired) electrons. The summed E-state index contributed by atoms with van der Waals surface area (Å²) >= 11 is 4.17. The van der Waals surface area contributed by atoms with E-state index in [1.54, 1.807) is 30.3 Å². The van der Waals surface area contributed by atoms with Crippen LogP contribution >= 0.6 is 27.7 Å². The highest BCUT2D eigenvalue weighted by molar-refractivity contribution is 9.10. The van der Waals surface area contributed by atoms with Gasteiger partial charge in [-0.2, -0.15) is 5.26 Å². The van der Waals surface area contributed by atoms with Crippen LogP contribution in [0.4, 0.5) is 14.9 Å².